The van der Waals surface area contributed by atoms with Crippen molar-refractivity contribution >= 4 is 23.2 Å². The highest BCUT2D eigenvalue weighted by Crippen LogP contribution is 2.07. The molecule has 0 radical (unpaired) electrons. The number of guanidine groups is 1. The zero-order chi connectivity index (χ0) is 19.2. The second-order valence-electron chi connectivity index (χ2n) is 6.30. The molecule has 0 spiro atoms. The zero-order valence-electron chi connectivity index (χ0n) is 16.7. The maximum Gasteiger partial charge on any atom is 0.261 e. The van der Waals surface area contributed by atoms with Crippen molar-refractivity contribution < 1.29 is 4.79 Å². The minimum Gasteiger partial charge on any atom is -0.356 e. The van der Waals surface area contributed by atoms with Gasteiger partial charge in [-0.3, -0.25) is 9.79 Å². The summed E-state index contributed by atoms with van der Waals surface area (Å²) >= 11 is 1.46. The van der Waals surface area contributed by atoms with Gasteiger partial charge in [-0.2, -0.15) is 0 Å². The summed E-state index contributed by atoms with van der Waals surface area (Å²) < 4.78 is 0. The fourth-order valence-electron chi connectivity index (χ4n) is 2.65. The molecule has 0 saturated carbocycles. The number of carbonyl (C=O) groups is 1. The number of thiophene rings is 1. The van der Waals surface area contributed by atoms with Crippen LogP contribution in [0.15, 0.2) is 22.5 Å². The van der Waals surface area contributed by atoms with Crippen LogP contribution in [0.4, 0.5) is 0 Å². The minimum atomic E-state index is 0.00401. The van der Waals surface area contributed by atoms with Crippen molar-refractivity contribution in [2.75, 3.05) is 39.8 Å². The number of carbonyl (C=O) groups excluding carboxylic acids is 1. The van der Waals surface area contributed by atoms with Crippen LogP contribution in [0.1, 0.15) is 49.7 Å². The van der Waals surface area contributed by atoms with Gasteiger partial charge in [0.25, 0.3) is 5.91 Å². The lowest BCUT2D eigenvalue weighted by Gasteiger charge is -2.21. The quantitative estimate of drug-likeness (QED) is 0.296. The van der Waals surface area contributed by atoms with Crippen LogP contribution in [0.25, 0.3) is 0 Å². The molecule has 1 rings (SSSR count). The van der Waals surface area contributed by atoms with Crippen LogP contribution in [0.5, 0.6) is 0 Å². The first-order valence-electron chi connectivity index (χ1n) is 9.61. The molecule has 0 aliphatic rings. The summed E-state index contributed by atoms with van der Waals surface area (Å²) in [5.41, 5.74) is 0. The SMILES string of the molecule is CCN(CC)CCCC(C)NC(=NC)NCCCNC(=O)c1cccs1. The Morgan fingerprint density at radius 3 is 2.58 bits per heavy atom. The summed E-state index contributed by atoms with van der Waals surface area (Å²) in [6, 6.07) is 4.11. The number of hydrogen-bond donors (Lipinski definition) is 3. The average Bonchev–Trinajstić information content (AvgIpc) is 3.18. The van der Waals surface area contributed by atoms with Crippen LogP contribution < -0.4 is 16.0 Å². The Morgan fingerprint density at radius 1 is 1.23 bits per heavy atom. The fourth-order valence-corrected chi connectivity index (χ4v) is 3.29. The highest BCUT2D eigenvalue weighted by Gasteiger charge is 2.07. The van der Waals surface area contributed by atoms with E-state index in [4.69, 9.17) is 0 Å². The van der Waals surface area contributed by atoms with E-state index >= 15 is 0 Å². The third-order valence-corrected chi connectivity index (χ3v) is 5.16. The molecule has 26 heavy (non-hydrogen) atoms. The Bertz CT molecular complexity index is 514. The molecule has 1 atom stereocenters. The van der Waals surface area contributed by atoms with E-state index in [1.54, 1.807) is 7.05 Å². The second kappa shape index (κ2) is 13.6. The summed E-state index contributed by atoms with van der Waals surface area (Å²) in [4.78, 5) is 19.3. The van der Waals surface area contributed by atoms with Gasteiger partial charge in [0.2, 0.25) is 0 Å². The predicted octanol–water partition coefficient (Wildman–Crippen LogP) is 2.54. The first kappa shape index (κ1) is 22.4. The van der Waals surface area contributed by atoms with Crippen molar-refractivity contribution in [2.45, 2.75) is 46.1 Å². The first-order valence-corrected chi connectivity index (χ1v) is 10.5. The van der Waals surface area contributed by atoms with Gasteiger partial charge >= 0.3 is 0 Å². The van der Waals surface area contributed by atoms with Gasteiger partial charge in [-0.25, -0.2) is 0 Å². The lowest BCUT2D eigenvalue weighted by atomic mass is 10.2. The molecule has 1 unspecified atom stereocenters. The average molecular weight is 382 g/mol. The smallest absolute Gasteiger partial charge is 0.261 e. The van der Waals surface area contributed by atoms with Gasteiger partial charge in [0.1, 0.15) is 0 Å². The predicted molar refractivity (Wildman–Crippen MR) is 112 cm³/mol. The molecule has 0 aliphatic heterocycles. The van der Waals surface area contributed by atoms with Crippen molar-refractivity contribution in [2.24, 2.45) is 4.99 Å². The van der Waals surface area contributed by atoms with E-state index in [2.05, 4.69) is 46.6 Å². The molecular weight excluding hydrogens is 346 g/mol. The highest BCUT2D eigenvalue weighted by atomic mass is 32.1. The number of nitrogens with zero attached hydrogens (tertiary/aromatic N) is 2. The Labute approximate surface area is 162 Å². The number of amides is 1. The molecule has 0 saturated heterocycles. The third kappa shape index (κ3) is 9.20. The summed E-state index contributed by atoms with van der Waals surface area (Å²) in [5.74, 6) is 0.828. The molecule has 0 bridgehead atoms. The first-order chi connectivity index (χ1) is 12.6. The molecule has 6 nitrogen and oxygen atoms in total. The molecule has 3 N–H and O–H groups in total. The molecule has 0 fully saturated rings. The maximum atomic E-state index is 11.8. The van der Waals surface area contributed by atoms with Crippen LogP contribution in [-0.2, 0) is 0 Å². The normalized spacial score (nSPS) is 12.9. The number of aliphatic imine (C=N–C) groups is 1. The van der Waals surface area contributed by atoms with E-state index in [-0.39, 0.29) is 5.91 Å². The lowest BCUT2D eigenvalue weighted by Crippen LogP contribution is -2.43. The van der Waals surface area contributed by atoms with Crippen molar-refractivity contribution in [3.8, 4) is 0 Å². The summed E-state index contributed by atoms with van der Waals surface area (Å²) in [5, 5.41) is 11.6. The summed E-state index contributed by atoms with van der Waals surface area (Å²) in [6.45, 7) is 11.4. The van der Waals surface area contributed by atoms with Crippen LogP contribution in [-0.4, -0.2) is 62.6 Å². The zero-order valence-corrected chi connectivity index (χ0v) is 17.5. The van der Waals surface area contributed by atoms with Crippen molar-refractivity contribution in [3.63, 3.8) is 0 Å². The number of rotatable bonds is 12. The second-order valence-corrected chi connectivity index (χ2v) is 7.25. The molecule has 1 heterocycles. The molecule has 1 aromatic rings. The molecule has 1 aromatic heterocycles. The standard InChI is InChI=1S/C19H35N5OS/c1-5-24(6-2)14-7-10-16(3)23-19(20-4)22-13-9-12-21-18(25)17-11-8-15-26-17/h8,11,15-16H,5-7,9-10,12-14H2,1-4H3,(H,21,25)(H2,20,22,23). The van der Waals surface area contributed by atoms with Crippen molar-refractivity contribution in [3.05, 3.63) is 22.4 Å². The molecule has 0 aromatic carbocycles. The van der Waals surface area contributed by atoms with Crippen LogP contribution in [0.3, 0.4) is 0 Å². The van der Waals surface area contributed by atoms with Crippen molar-refractivity contribution in [1.82, 2.24) is 20.9 Å². The van der Waals surface area contributed by atoms with E-state index < -0.39 is 0 Å². The van der Waals surface area contributed by atoms with Gasteiger partial charge in [0.15, 0.2) is 5.96 Å². The fraction of sp³-hybridized carbons (Fsp3) is 0.684. The van der Waals surface area contributed by atoms with Crippen LogP contribution >= 0.6 is 11.3 Å². The Kier molecular flexibility index (Phi) is 11.7. The van der Waals surface area contributed by atoms with E-state index in [0.717, 1.165) is 49.9 Å². The van der Waals surface area contributed by atoms with E-state index in [1.165, 1.54) is 17.8 Å². The van der Waals surface area contributed by atoms with Gasteiger partial charge in [-0.05, 0) is 57.3 Å². The van der Waals surface area contributed by atoms with E-state index in [1.807, 2.05) is 17.5 Å². The minimum absolute atomic E-state index is 0.00401. The lowest BCUT2D eigenvalue weighted by molar-refractivity contribution is 0.0957. The number of nitrogens with one attached hydrogen (secondary N) is 3. The maximum absolute atomic E-state index is 11.8. The Morgan fingerprint density at radius 2 is 1.96 bits per heavy atom. The van der Waals surface area contributed by atoms with Gasteiger partial charge in [-0.15, -0.1) is 11.3 Å². The summed E-state index contributed by atoms with van der Waals surface area (Å²) in [6.07, 6.45) is 3.16. The molecule has 0 aliphatic carbocycles. The number of hydrogen-bond acceptors (Lipinski definition) is 4. The Hall–Kier alpha value is -1.60. The molecule has 7 heteroatoms. The van der Waals surface area contributed by atoms with Crippen molar-refractivity contribution in [1.29, 1.82) is 0 Å². The molecular formula is C19H35N5OS. The van der Waals surface area contributed by atoms with Crippen LogP contribution in [0.2, 0.25) is 0 Å². The third-order valence-electron chi connectivity index (χ3n) is 4.29. The largest absolute Gasteiger partial charge is 0.356 e. The monoisotopic (exact) mass is 381 g/mol. The van der Waals surface area contributed by atoms with Gasteiger partial charge in [0, 0.05) is 26.2 Å². The topological polar surface area (TPSA) is 68.8 Å². The highest BCUT2D eigenvalue weighted by molar-refractivity contribution is 7.12. The van der Waals surface area contributed by atoms with Gasteiger partial charge in [-0.1, -0.05) is 19.9 Å². The van der Waals surface area contributed by atoms with E-state index in [0.29, 0.717) is 12.6 Å². The van der Waals surface area contributed by atoms with Gasteiger partial charge in [0.05, 0.1) is 4.88 Å². The molecule has 1 amide bonds. The molecule has 148 valence electrons. The van der Waals surface area contributed by atoms with Crippen LogP contribution in [0, 0.1) is 0 Å². The summed E-state index contributed by atoms with van der Waals surface area (Å²) in [7, 11) is 1.79. The Balaban J connectivity index is 2.13. The van der Waals surface area contributed by atoms with Gasteiger partial charge < -0.3 is 20.9 Å². The van der Waals surface area contributed by atoms with E-state index in [9.17, 15) is 4.79 Å².